The molecule has 22 heavy (non-hydrogen) atoms. The molecule has 1 N–H and O–H groups in total. The van der Waals surface area contributed by atoms with Gasteiger partial charge in [-0.3, -0.25) is 0 Å². The quantitative estimate of drug-likeness (QED) is 0.830. The number of allylic oxidation sites excluding steroid dienone is 4. The molecule has 2 aromatic rings. The third-order valence-electron chi connectivity index (χ3n) is 5.59. The summed E-state index contributed by atoms with van der Waals surface area (Å²) in [6, 6.07) is 10.2. The van der Waals surface area contributed by atoms with Crippen LogP contribution in [-0.2, 0) is 0 Å². The van der Waals surface area contributed by atoms with Crippen LogP contribution in [-0.4, -0.2) is 9.97 Å². The van der Waals surface area contributed by atoms with Gasteiger partial charge in [-0.15, -0.1) is 0 Å². The van der Waals surface area contributed by atoms with Gasteiger partial charge in [-0.25, -0.2) is 4.98 Å². The number of nitrogens with zero attached hydrogens (tertiary/aromatic N) is 2. The van der Waals surface area contributed by atoms with Crippen LogP contribution in [0.4, 0.5) is 0 Å². The van der Waals surface area contributed by atoms with Crippen LogP contribution in [0.2, 0.25) is 0 Å². The van der Waals surface area contributed by atoms with Crippen LogP contribution in [0.25, 0.3) is 16.6 Å². The van der Waals surface area contributed by atoms with Crippen molar-refractivity contribution in [3.05, 3.63) is 47.8 Å². The van der Waals surface area contributed by atoms with Gasteiger partial charge < -0.3 is 4.98 Å². The Morgan fingerprint density at radius 1 is 1.41 bits per heavy atom. The first-order chi connectivity index (χ1) is 10.6. The number of para-hydroxylation sites is 2. The minimum Gasteiger partial charge on any atom is -0.337 e. The van der Waals surface area contributed by atoms with Gasteiger partial charge in [0.25, 0.3) is 0 Å². The third kappa shape index (κ3) is 1.84. The van der Waals surface area contributed by atoms with Crippen molar-refractivity contribution < 1.29 is 0 Å². The highest BCUT2D eigenvalue weighted by Gasteiger charge is 2.50. The van der Waals surface area contributed by atoms with Crippen LogP contribution >= 0.6 is 0 Å². The number of rotatable bonds is 2. The second kappa shape index (κ2) is 4.58. The number of aromatic nitrogens is 2. The van der Waals surface area contributed by atoms with Gasteiger partial charge in [-0.1, -0.05) is 32.1 Å². The first kappa shape index (κ1) is 13.3. The van der Waals surface area contributed by atoms with Crippen molar-refractivity contribution in [1.82, 2.24) is 9.97 Å². The monoisotopic (exact) mass is 289 g/mol. The summed E-state index contributed by atoms with van der Waals surface area (Å²) >= 11 is 0. The maximum atomic E-state index is 9.56. The molecule has 110 valence electrons. The Morgan fingerprint density at radius 3 is 2.91 bits per heavy atom. The lowest BCUT2D eigenvalue weighted by atomic mass is 9.49. The van der Waals surface area contributed by atoms with Gasteiger partial charge in [0.05, 0.1) is 16.6 Å². The van der Waals surface area contributed by atoms with Crippen LogP contribution < -0.4 is 0 Å². The van der Waals surface area contributed by atoms with Gasteiger partial charge >= 0.3 is 0 Å². The van der Waals surface area contributed by atoms with Crippen molar-refractivity contribution in [2.75, 3.05) is 0 Å². The van der Waals surface area contributed by atoms with E-state index in [0.717, 1.165) is 23.4 Å². The maximum absolute atomic E-state index is 9.56. The summed E-state index contributed by atoms with van der Waals surface area (Å²) in [4.78, 5) is 7.81. The smallest absolute Gasteiger partial charge is 0.149 e. The SMILES string of the molecule is CC1(C)[C@H]2CC=C(/C=C(\C#N)c3nc4ccccc4[nH]3)[C@H]1C2. The number of hydrogen-bond donors (Lipinski definition) is 1. The van der Waals surface area contributed by atoms with Crippen molar-refractivity contribution in [3.63, 3.8) is 0 Å². The minimum atomic E-state index is 0.370. The molecule has 3 heteroatoms. The first-order valence-corrected chi connectivity index (χ1v) is 7.86. The molecular formula is C19H19N3. The summed E-state index contributed by atoms with van der Waals surface area (Å²) in [5.74, 6) is 2.06. The van der Waals surface area contributed by atoms with Gasteiger partial charge in [-0.2, -0.15) is 5.26 Å². The number of benzene rings is 1. The molecule has 2 bridgehead atoms. The summed E-state index contributed by atoms with van der Waals surface area (Å²) in [6.45, 7) is 4.69. The second-order valence-corrected chi connectivity index (χ2v) is 7.02. The molecule has 1 heterocycles. The molecule has 3 aliphatic rings. The molecule has 1 saturated carbocycles. The van der Waals surface area contributed by atoms with Crippen LogP contribution in [0.3, 0.4) is 0 Å². The highest BCUT2D eigenvalue weighted by atomic mass is 14.9. The molecule has 3 nitrogen and oxygen atoms in total. The number of nitriles is 1. The van der Waals surface area contributed by atoms with Gasteiger partial charge in [0.1, 0.15) is 11.9 Å². The molecule has 0 spiro atoms. The Balaban J connectivity index is 1.73. The number of H-pyrrole nitrogens is 1. The first-order valence-electron chi connectivity index (χ1n) is 7.86. The Bertz CT molecular complexity index is 812. The number of imidazole rings is 1. The molecule has 0 unspecified atom stereocenters. The van der Waals surface area contributed by atoms with Crippen molar-refractivity contribution in [2.45, 2.75) is 26.7 Å². The lowest BCUT2D eigenvalue weighted by molar-refractivity contribution is -0.00324. The van der Waals surface area contributed by atoms with Gasteiger partial charge in [0.15, 0.2) is 0 Å². The zero-order chi connectivity index (χ0) is 15.3. The van der Waals surface area contributed by atoms with Crippen LogP contribution in [0, 0.1) is 28.6 Å². The second-order valence-electron chi connectivity index (χ2n) is 7.02. The number of aromatic amines is 1. The minimum absolute atomic E-state index is 0.370. The molecule has 0 aliphatic heterocycles. The van der Waals surface area contributed by atoms with E-state index >= 15 is 0 Å². The molecular weight excluding hydrogens is 270 g/mol. The fraction of sp³-hybridized carbons (Fsp3) is 0.368. The summed E-state index contributed by atoms with van der Waals surface area (Å²) in [7, 11) is 0. The van der Waals surface area contributed by atoms with Crippen molar-refractivity contribution in [3.8, 4) is 6.07 Å². The molecule has 0 amide bonds. The fourth-order valence-electron chi connectivity index (χ4n) is 3.96. The zero-order valence-electron chi connectivity index (χ0n) is 12.9. The summed E-state index contributed by atoms with van der Waals surface area (Å²) in [5.41, 5.74) is 4.18. The Morgan fingerprint density at radius 2 is 2.23 bits per heavy atom. The lowest BCUT2D eigenvalue weighted by Crippen LogP contribution is -2.47. The Kier molecular flexibility index (Phi) is 2.77. The van der Waals surface area contributed by atoms with E-state index in [2.05, 4.69) is 36.0 Å². The van der Waals surface area contributed by atoms with Gasteiger partial charge in [0, 0.05) is 0 Å². The number of hydrogen-bond acceptors (Lipinski definition) is 2. The van der Waals surface area contributed by atoms with Crippen molar-refractivity contribution >= 4 is 16.6 Å². The van der Waals surface area contributed by atoms with Gasteiger partial charge in [0.2, 0.25) is 0 Å². The molecule has 0 saturated heterocycles. The highest BCUT2D eigenvalue weighted by molar-refractivity contribution is 5.83. The van der Waals surface area contributed by atoms with E-state index in [-0.39, 0.29) is 0 Å². The Hall–Kier alpha value is -2.34. The predicted molar refractivity (Wildman–Crippen MR) is 87.8 cm³/mol. The molecule has 1 aromatic heterocycles. The van der Waals surface area contributed by atoms with E-state index < -0.39 is 0 Å². The zero-order valence-corrected chi connectivity index (χ0v) is 12.9. The molecule has 5 rings (SSSR count). The van der Waals surface area contributed by atoms with E-state index in [4.69, 9.17) is 0 Å². The van der Waals surface area contributed by atoms with Gasteiger partial charge in [-0.05, 0) is 53.9 Å². The maximum Gasteiger partial charge on any atom is 0.149 e. The van der Waals surface area contributed by atoms with E-state index in [9.17, 15) is 5.26 Å². The number of fused-ring (bicyclic) bond motifs is 2. The fourth-order valence-corrected chi connectivity index (χ4v) is 3.96. The normalized spacial score (nSPS) is 26.2. The van der Waals surface area contributed by atoms with Crippen molar-refractivity contribution in [1.29, 1.82) is 5.26 Å². The molecule has 1 fully saturated rings. The van der Waals surface area contributed by atoms with Crippen LogP contribution in [0.15, 0.2) is 42.0 Å². The largest absolute Gasteiger partial charge is 0.337 e. The van der Waals surface area contributed by atoms with E-state index in [1.807, 2.05) is 30.3 Å². The van der Waals surface area contributed by atoms with Crippen LogP contribution in [0.1, 0.15) is 32.5 Å². The predicted octanol–water partition coefficient (Wildman–Crippen LogP) is 4.46. The average molecular weight is 289 g/mol. The summed E-state index contributed by atoms with van der Waals surface area (Å²) in [6.07, 6.45) is 6.74. The highest BCUT2D eigenvalue weighted by Crippen LogP contribution is 2.59. The van der Waals surface area contributed by atoms with E-state index in [0.29, 0.717) is 22.7 Å². The summed E-state index contributed by atoms with van der Waals surface area (Å²) < 4.78 is 0. The summed E-state index contributed by atoms with van der Waals surface area (Å²) in [5, 5.41) is 9.56. The lowest BCUT2D eigenvalue weighted by Gasteiger charge is -2.56. The standard InChI is InChI=1S/C19H19N3/c1-19(2)14-8-7-12(15(19)10-14)9-13(11-20)18-21-16-5-3-4-6-17(16)22-18/h3-7,9,14-15H,8,10H2,1-2H3,(H,21,22)/b13-9+/t14-,15+/m0/s1. The third-order valence-corrected chi connectivity index (χ3v) is 5.59. The Labute approximate surface area is 130 Å². The van der Waals surface area contributed by atoms with Crippen molar-refractivity contribution in [2.24, 2.45) is 17.3 Å². The van der Waals surface area contributed by atoms with Crippen LogP contribution in [0.5, 0.6) is 0 Å². The topological polar surface area (TPSA) is 52.5 Å². The molecule has 1 aromatic carbocycles. The van der Waals surface area contributed by atoms with E-state index in [1.54, 1.807) is 0 Å². The average Bonchev–Trinajstić information content (AvgIpc) is 2.96. The van der Waals surface area contributed by atoms with E-state index in [1.165, 1.54) is 12.0 Å². The molecule has 2 atom stereocenters. The molecule has 0 radical (unpaired) electrons. The molecule has 3 aliphatic carbocycles. The number of nitrogens with one attached hydrogen (secondary N) is 1.